The van der Waals surface area contributed by atoms with Gasteiger partial charge in [0.15, 0.2) is 5.82 Å². The molecule has 0 bridgehead atoms. The Hall–Kier alpha value is -1.50. The number of aliphatic carboxylic acids is 1. The SMILES string of the molecule is COCc1nnnn1CC(C)CC(=O)O. The largest absolute Gasteiger partial charge is 0.481 e. The Bertz CT molecular complexity index is 325. The van der Waals surface area contributed by atoms with Gasteiger partial charge in [0.05, 0.1) is 0 Å². The summed E-state index contributed by atoms with van der Waals surface area (Å²) in [5.74, 6) is -0.222. The summed E-state index contributed by atoms with van der Waals surface area (Å²) in [5, 5.41) is 19.6. The van der Waals surface area contributed by atoms with Gasteiger partial charge in [0, 0.05) is 20.1 Å². The van der Waals surface area contributed by atoms with Crippen molar-refractivity contribution in [2.75, 3.05) is 7.11 Å². The second-order valence-corrected chi connectivity index (χ2v) is 3.41. The van der Waals surface area contributed by atoms with Crippen molar-refractivity contribution in [3.05, 3.63) is 5.82 Å². The number of methoxy groups -OCH3 is 1. The van der Waals surface area contributed by atoms with Gasteiger partial charge in [-0.1, -0.05) is 6.92 Å². The van der Waals surface area contributed by atoms with Gasteiger partial charge in [-0.3, -0.25) is 4.79 Å². The predicted molar refractivity (Wildman–Crippen MR) is 49.9 cm³/mol. The molecule has 7 heteroatoms. The first-order valence-electron chi connectivity index (χ1n) is 4.59. The smallest absolute Gasteiger partial charge is 0.303 e. The van der Waals surface area contributed by atoms with Crippen LogP contribution in [0.5, 0.6) is 0 Å². The van der Waals surface area contributed by atoms with Crippen LogP contribution in [-0.4, -0.2) is 38.4 Å². The quantitative estimate of drug-likeness (QED) is 0.712. The van der Waals surface area contributed by atoms with E-state index in [1.807, 2.05) is 6.92 Å². The standard InChI is InChI=1S/C8H14N4O3/c1-6(3-8(13)14)4-12-7(5-15-2)9-10-11-12/h6H,3-5H2,1-2H3,(H,13,14). The molecule has 0 aromatic carbocycles. The molecule has 0 amide bonds. The Kier molecular flexibility index (Phi) is 4.17. The molecule has 0 fully saturated rings. The second-order valence-electron chi connectivity index (χ2n) is 3.41. The molecule has 1 rings (SSSR count). The molecule has 1 heterocycles. The van der Waals surface area contributed by atoms with E-state index in [2.05, 4.69) is 15.5 Å². The van der Waals surface area contributed by atoms with E-state index in [1.54, 1.807) is 11.8 Å². The maximum absolute atomic E-state index is 10.5. The van der Waals surface area contributed by atoms with E-state index in [9.17, 15) is 4.79 Å². The summed E-state index contributed by atoms with van der Waals surface area (Å²) in [6.07, 6.45) is 0.103. The normalized spacial score (nSPS) is 12.7. The van der Waals surface area contributed by atoms with Crippen molar-refractivity contribution < 1.29 is 14.6 Å². The van der Waals surface area contributed by atoms with E-state index in [4.69, 9.17) is 9.84 Å². The summed E-state index contributed by atoms with van der Waals surface area (Å²) in [7, 11) is 1.56. The van der Waals surface area contributed by atoms with Crippen LogP contribution in [0.1, 0.15) is 19.2 Å². The number of aromatic nitrogens is 4. The van der Waals surface area contributed by atoms with Crippen LogP contribution in [0, 0.1) is 5.92 Å². The maximum Gasteiger partial charge on any atom is 0.303 e. The summed E-state index contributed by atoms with van der Waals surface area (Å²) in [4.78, 5) is 10.5. The monoisotopic (exact) mass is 214 g/mol. The fraction of sp³-hybridized carbons (Fsp3) is 0.750. The second kappa shape index (κ2) is 5.40. The van der Waals surface area contributed by atoms with Gasteiger partial charge in [0.2, 0.25) is 0 Å². The van der Waals surface area contributed by atoms with Crippen molar-refractivity contribution >= 4 is 5.97 Å². The molecule has 0 radical (unpaired) electrons. The molecule has 1 aromatic heterocycles. The molecule has 1 aromatic rings. The van der Waals surface area contributed by atoms with Gasteiger partial charge >= 0.3 is 5.97 Å². The predicted octanol–water partition coefficient (Wildman–Crippen LogP) is -0.0697. The zero-order chi connectivity index (χ0) is 11.3. The first-order chi connectivity index (χ1) is 7.13. The molecule has 1 N–H and O–H groups in total. The highest BCUT2D eigenvalue weighted by Gasteiger charge is 2.12. The summed E-state index contributed by atoms with van der Waals surface area (Å²) in [6.45, 7) is 2.65. The number of carboxylic acid groups (broad SMARTS) is 1. The van der Waals surface area contributed by atoms with E-state index >= 15 is 0 Å². The number of carbonyl (C=O) groups is 1. The Labute approximate surface area is 87.0 Å². The van der Waals surface area contributed by atoms with Crippen LogP contribution in [0.2, 0.25) is 0 Å². The molecule has 0 aliphatic heterocycles. The van der Waals surface area contributed by atoms with Crippen molar-refractivity contribution in [3.63, 3.8) is 0 Å². The molecule has 0 aliphatic carbocycles. The number of hydrogen-bond donors (Lipinski definition) is 1. The average Bonchev–Trinajstić information content (AvgIpc) is 2.52. The molecular formula is C8H14N4O3. The van der Waals surface area contributed by atoms with Gasteiger partial charge in [0.25, 0.3) is 0 Å². The number of carboxylic acids is 1. The maximum atomic E-state index is 10.5. The summed E-state index contributed by atoms with van der Waals surface area (Å²) < 4.78 is 6.48. The molecule has 1 unspecified atom stereocenters. The van der Waals surface area contributed by atoms with Crippen molar-refractivity contribution in [2.24, 2.45) is 5.92 Å². The van der Waals surface area contributed by atoms with Crippen LogP contribution in [0.3, 0.4) is 0 Å². The lowest BCUT2D eigenvalue weighted by Gasteiger charge is -2.09. The van der Waals surface area contributed by atoms with Crippen LogP contribution in [0.4, 0.5) is 0 Å². The van der Waals surface area contributed by atoms with Crippen molar-refractivity contribution in [3.8, 4) is 0 Å². The fourth-order valence-corrected chi connectivity index (χ4v) is 1.26. The van der Waals surface area contributed by atoms with Crippen LogP contribution >= 0.6 is 0 Å². The Balaban J connectivity index is 2.55. The Morgan fingerprint density at radius 3 is 3.00 bits per heavy atom. The van der Waals surface area contributed by atoms with Gasteiger partial charge in [0.1, 0.15) is 6.61 Å². The minimum atomic E-state index is -0.816. The molecule has 15 heavy (non-hydrogen) atoms. The number of tetrazole rings is 1. The number of nitrogens with zero attached hydrogens (tertiary/aromatic N) is 4. The topological polar surface area (TPSA) is 90.1 Å². The van der Waals surface area contributed by atoms with Crippen LogP contribution in [0.25, 0.3) is 0 Å². The first kappa shape index (κ1) is 11.6. The summed E-state index contributed by atoms with van der Waals surface area (Å²) in [6, 6.07) is 0. The van der Waals surface area contributed by atoms with Crippen molar-refractivity contribution in [2.45, 2.75) is 26.5 Å². The lowest BCUT2D eigenvalue weighted by molar-refractivity contribution is -0.138. The zero-order valence-electron chi connectivity index (χ0n) is 8.75. The van der Waals surface area contributed by atoms with Crippen LogP contribution in [0.15, 0.2) is 0 Å². The lowest BCUT2D eigenvalue weighted by atomic mass is 10.1. The molecule has 0 saturated carbocycles. The van der Waals surface area contributed by atoms with E-state index in [-0.39, 0.29) is 12.3 Å². The van der Waals surface area contributed by atoms with Gasteiger partial charge in [-0.05, 0) is 16.3 Å². The van der Waals surface area contributed by atoms with E-state index < -0.39 is 5.97 Å². The third-order valence-electron chi connectivity index (χ3n) is 1.89. The summed E-state index contributed by atoms with van der Waals surface area (Å²) in [5.41, 5.74) is 0. The fourth-order valence-electron chi connectivity index (χ4n) is 1.26. The molecular weight excluding hydrogens is 200 g/mol. The van der Waals surface area contributed by atoms with Gasteiger partial charge < -0.3 is 9.84 Å². The van der Waals surface area contributed by atoms with Crippen molar-refractivity contribution in [1.82, 2.24) is 20.2 Å². The van der Waals surface area contributed by atoms with Crippen molar-refractivity contribution in [1.29, 1.82) is 0 Å². The molecule has 1 atom stereocenters. The third-order valence-corrected chi connectivity index (χ3v) is 1.89. The minimum Gasteiger partial charge on any atom is -0.481 e. The van der Waals surface area contributed by atoms with Gasteiger partial charge in [-0.15, -0.1) is 5.10 Å². The third kappa shape index (κ3) is 3.62. The minimum absolute atomic E-state index is 0.0124. The van der Waals surface area contributed by atoms with Crippen LogP contribution in [-0.2, 0) is 22.7 Å². The highest BCUT2D eigenvalue weighted by molar-refractivity contribution is 5.66. The van der Waals surface area contributed by atoms with E-state index in [0.717, 1.165) is 0 Å². The number of ether oxygens (including phenoxy) is 1. The van der Waals surface area contributed by atoms with Gasteiger partial charge in [-0.2, -0.15) is 0 Å². The molecule has 84 valence electrons. The van der Waals surface area contributed by atoms with E-state index in [1.165, 1.54) is 0 Å². The average molecular weight is 214 g/mol. The highest BCUT2D eigenvalue weighted by atomic mass is 16.5. The zero-order valence-corrected chi connectivity index (χ0v) is 8.75. The summed E-state index contributed by atoms with van der Waals surface area (Å²) >= 11 is 0. The lowest BCUT2D eigenvalue weighted by Crippen LogP contribution is -2.15. The highest BCUT2D eigenvalue weighted by Crippen LogP contribution is 2.06. The first-order valence-corrected chi connectivity index (χ1v) is 4.59. The van der Waals surface area contributed by atoms with E-state index in [0.29, 0.717) is 19.0 Å². The van der Waals surface area contributed by atoms with Gasteiger partial charge in [-0.25, -0.2) is 4.68 Å². The molecule has 0 spiro atoms. The number of rotatable bonds is 6. The molecule has 0 saturated heterocycles. The Morgan fingerprint density at radius 1 is 1.67 bits per heavy atom. The number of hydrogen-bond acceptors (Lipinski definition) is 5. The van der Waals surface area contributed by atoms with Crippen LogP contribution < -0.4 is 0 Å². The Morgan fingerprint density at radius 2 is 2.40 bits per heavy atom. The molecule has 0 aliphatic rings. The molecule has 7 nitrogen and oxygen atoms in total.